The zero-order chi connectivity index (χ0) is 19.9. The minimum absolute atomic E-state index is 0.117. The Labute approximate surface area is 163 Å². The molecule has 1 aromatic carbocycles. The van der Waals surface area contributed by atoms with Gasteiger partial charge in [-0.1, -0.05) is 0 Å². The molecule has 0 aromatic heterocycles. The zero-order valence-electron chi connectivity index (χ0n) is 15.6. The first-order chi connectivity index (χ1) is 13.5. The van der Waals surface area contributed by atoms with Crippen molar-refractivity contribution in [3.63, 3.8) is 0 Å². The first-order valence-corrected chi connectivity index (χ1v) is 9.43. The maximum absolute atomic E-state index is 13.9. The molecule has 2 saturated heterocycles. The molecule has 1 aromatic rings. The van der Waals surface area contributed by atoms with E-state index >= 15 is 0 Å². The van der Waals surface area contributed by atoms with E-state index < -0.39 is 11.9 Å². The normalized spacial score (nSPS) is 22.4. The molecule has 0 spiro atoms. The monoisotopic (exact) mass is 392 g/mol. The molecule has 2 atom stereocenters. The summed E-state index contributed by atoms with van der Waals surface area (Å²) in [6.07, 6.45) is 0.0233. The molecule has 2 fully saturated rings. The highest BCUT2D eigenvalue weighted by atomic mass is 19.1. The van der Waals surface area contributed by atoms with Gasteiger partial charge in [0.25, 0.3) is 0 Å². The number of carbonyl (C=O) groups is 1. The molecule has 2 aliphatic rings. The third kappa shape index (κ3) is 5.79. The lowest BCUT2D eigenvalue weighted by Gasteiger charge is -2.45. The largest absolute Gasteiger partial charge is 0.489 e. The fraction of sp³-hybridized carbons (Fsp3) is 0.579. The average Bonchev–Trinajstić information content (AvgIpc) is 2.65. The van der Waals surface area contributed by atoms with Crippen molar-refractivity contribution in [2.24, 2.45) is 0 Å². The van der Waals surface area contributed by atoms with Crippen molar-refractivity contribution in [1.82, 2.24) is 15.1 Å². The molecule has 152 valence electrons. The molecule has 0 radical (unpaired) electrons. The van der Waals surface area contributed by atoms with Gasteiger partial charge < -0.3 is 19.9 Å². The molecule has 1 amide bonds. The Morgan fingerprint density at radius 1 is 1.29 bits per heavy atom. The third-order valence-electron chi connectivity index (χ3n) is 4.89. The van der Waals surface area contributed by atoms with Crippen LogP contribution in [0, 0.1) is 17.1 Å². The number of hydrogen-bond donors (Lipinski definition) is 2. The fourth-order valence-corrected chi connectivity index (χ4v) is 3.70. The van der Waals surface area contributed by atoms with Crippen molar-refractivity contribution in [3.8, 4) is 11.8 Å². The molecule has 2 N–H and O–H groups in total. The van der Waals surface area contributed by atoms with Crippen LogP contribution in [0.25, 0.3) is 0 Å². The van der Waals surface area contributed by atoms with E-state index in [1.54, 1.807) is 0 Å². The maximum atomic E-state index is 13.9. The number of halogens is 1. The van der Waals surface area contributed by atoms with Crippen LogP contribution in [0.3, 0.4) is 0 Å². The summed E-state index contributed by atoms with van der Waals surface area (Å²) >= 11 is 0. The summed E-state index contributed by atoms with van der Waals surface area (Å²) in [4.78, 5) is 15.1. The van der Waals surface area contributed by atoms with Gasteiger partial charge in [-0.15, -0.1) is 0 Å². The number of fused-ring (bicyclic) bond motifs is 2. The van der Waals surface area contributed by atoms with Gasteiger partial charge in [-0.3, -0.25) is 9.80 Å². The maximum Gasteiger partial charge on any atom is 0.404 e. The summed E-state index contributed by atoms with van der Waals surface area (Å²) in [5.41, 5.74) is 0.272. The first-order valence-electron chi connectivity index (χ1n) is 9.43. The van der Waals surface area contributed by atoms with Crippen molar-refractivity contribution in [3.05, 3.63) is 29.6 Å². The van der Waals surface area contributed by atoms with E-state index in [1.807, 2.05) is 6.07 Å². The zero-order valence-corrected chi connectivity index (χ0v) is 15.6. The molecule has 2 heterocycles. The van der Waals surface area contributed by atoms with Gasteiger partial charge in [-0.25, -0.2) is 9.18 Å². The van der Waals surface area contributed by atoms with Crippen LogP contribution >= 0.6 is 0 Å². The van der Waals surface area contributed by atoms with Crippen LogP contribution < -0.4 is 10.1 Å². The Kier molecular flexibility index (Phi) is 7.03. The summed E-state index contributed by atoms with van der Waals surface area (Å²) in [6, 6.07) is 6.10. The summed E-state index contributed by atoms with van der Waals surface area (Å²) < 4.78 is 25.4. The quantitative estimate of drug-likeness (QED) is 0.640. The SMILES string of the molecule is N#Cc1ccc(OCCN2CC3CN(CCCNC(=O)O)CC(C2)O3)c(F)c1. The van der Waals surface area contributed by atoms with Gasteiger partial charge in [-0.05, 0) is 24.6 Å². The lowest BCUT2D eigenvalue weighted by molar-refractivity contribution is -0.139. The molecule has 0 aliphatic carbocycles. The van der Waals surface area contributed by atoms with Crippen LogP contribution in [0.15, 0.2) is 18.2 Å². The second kappa shape index (κ2) is 9.68. The van der Waals surface area contributed by atoms with E-state index in [0.717, 1.165) is 39.1 Å². The molecule has 28 heavy (non-hydrogen) atoms. The molecular formula is C19H25FN4O4. The van der Waals surface area contributed by atoms with Gasteiger partial charge in [0.2, 0.25) is 0 Å². The Bertz CT molecular complexity index is 712. The average molecular weight is 392 g/mol. The summed E-state index contributed by atoms with van der Waals surface area (Å²) in [5, 5.41) is 19.8. The summed E-state index contributed by atoms with van der Waals surface area (Å²) in [6.45, 7) is 5.58. The number of benzene rings is 1. The Morgan fingerprint density at radius 2 is 1.96 bits per heavy atom. The van der Waals surface area contributed by atoms with Crippen LogP contribution in [0.5, 0.6) is 5.75 Å². The van der Waals surface area contributed by atoms with Crippen molar-refractivity contribution < 1.29 is 23.8 Å². The van der Waals surface area contributed by atoms with Crippen LogP contribution in [0.2, 0.25) is 0 Å². The number of rotatable bonds is 8. The second-order valence-corrected chi connectivity index (χ2v) is 7.09. The molecule has 9 heteroatoms. The van der Waals surface area contributed by atoms with Crippen molar-refractivity contribution >= 4 is 6.09 Å². The van der Waals surface area contributed by atoms with E-state index in [0.29, 0.717) is 19.7 Å². The number of nitriles is 1. The molecular weight excluding hydrogens is 367 g/mol. The highest BCUT2D eigenvalue weighted by Gasteiger charge is 2.34. The Morgan fingerprint density at radius 3 is 2.57 bits per heavy atom. The van der Waals surface area contributed by atoms with Gasteiger partial charge in [0.15, 0.2) is 11.6 Å². The lowest BCUT2D eigenvalue weighted by Crippen LogP contribution is -2.60. The molecule has 0 saturated carbocycles. The number of ether oxygens (including phenoxy) is 2. The number of nitrogens with one attached hydrogen (secondary N) is 1. The molecule has 2 aliphatic heterocycles. The van der Waals surface area contributed by atoms with Crippen LogP contribution in [0.1, 0.15) is 12.0 Å². The molecule has 8 nitrogen and oxygen atoms in total. The van der Waals surface area contributed by atoms with Gasteiger partial charge in [0.1, 0.15) is 6.61 Å². The van der Waals surface area contributed by atoms with Gasteiger partial charge >= 0.3 is 6.09 Å². The van der Waals surface area contributed by atoms with E-state index in [4.69, 9.17) is 19.8 Å². The number of morpholine rings is 2. The van der Waals surface area contributed by atoms with Crippen LogP contribution in [-0.2, 0) is 4.74 Å². The number of carboxylic acid groups (broad SMARTS) is 1. The van der Waals surface area contributed by atoms with Crippen LogP contribution in [0.4, 0.5) is 9.18 Å². The number of nitrogens with zero attached hydrogens (tertiary/aromatic N) is 3. The van der Waals surface area contributed by atoms with Crippen LogP contribution in [-0.4, -0.2) is 85.6 Å². The predicted octanol–water partition coefficient (Wildman–Crippen LogP) is 1.12. The second-order valence-electron chi connectivity index (χ2n) is 7.09. The molecule has 3 rings (SSSR count). The van der Waals surface area contributed by atoms with Crippen molar-refractivity contribution in [1.29, 1.82) is 5.26 Å². The van der Waals surface area contributed by atoms with Crippen molar-refractivity contribution in [2.45, 2.75) is 18.6 Å². The highest BCUT2D eigenvalue weighted by Crippen LogP contribution is 2.20. The topological polar surface area (TPSA) is 98.1 Å². The summed E-state index contributed by atoms with van der Waals surface area (Å²) in [5.74, 6) is -0.362. The summed E-state index contributed by atoms with van der Waals surface area (Å²) in [7, 11) is 0. The smallest absolute Gasteiger partial charge is 0.404 e. The molecule has 2 unspecified atom stereocenters. The molecule has 2 bridgehead atoms. The third-order valence-corrected chi connectivity index (χ3v) is 4.89. The fourth-order valence-electron chi connectivity index (χ4n) is 3.70. The standard InChI is InChI=1S/C19H25FN4O4/c20-17-8-14(9-21)2-3-18(17)27-7-6-24-12-15-10-23(11-16(13-24)28-15)5-1-4-22-19(25)26/h2-3,8,15-16,22H,1,4-7,10-13H2,(H,25,26). The predicted molar refractivity (Wildman–Crippen MR) is 98.8 cm³/mol. The Balaban J connectivity index is 1.38. The highest BCUT2D eigenvalue weighted by molar-refractivity contribution is 5.64. The van der Waals surface area contributed by atoms with Crippen molar-refractivity contribution in [2.75, 3.05) is 52.4 Å². The Hall–Kier alpha value is -2.41. The van der Waals surface area contributed by atoms with Gasteiger partial charge in [0, 0.05) is 45.8 Å². The minimum Gasteiger partial charge on any atom is -0.489 e. The van der Waals surface area contributed by atoms with Gasteiger partial charge in [-0.2, -0.15) is 5.26 Å². The van der Waals surface area contributed by atoms with E-state index in [9.17, 15) is 9.18 Å². The van der Waals surface area contributed by atoms with Gasteiger partial charge in [0.05, 0.1) is 23.8 Å². The minimum atomic E-state index is -0.988. The lowest BCUT2D eigenvalue weighted by atomic mass is 10.1. The van der Waals surface area contributed by atoms with E-state index in [2.05, 4.69) is 15.1 Å². The van der Waals surface area contributed by atoms with E-state index in [-0.39, 0.29) is 23.5 Å². The van der Waals surface area contributed by atoms with E-state index in [1.165, 1.54) is 18.2 Å². The number of hydrogen-bond acceptors (Lipinski definition) is 6. The first kappa shape index (κ1) is 20.3. The number of amides is 1.